The van der Waals surface area contributed by atoms with Crippen LogP contribution >= 0.6 is 11.6 Å². The molecule has 6 rings (SSSR count). The number of likely N-dealkylation sites (tertiary alicyclic amines) is 3. The molecule has 0 saturated carbocycles. The van der Waals surface area contributed by atoms with Gasteiger partial charge in [0.05, 0.1) is 16.3 Å². The van der Waals surface area contributed by atoms with Crippen molar-refractivity contribution >= 4 is 40.9 Å². The van der Waals surface area contributed by atoms with E-state index < -0.39 is 29.5 Å². The lowest BCUT2D eigenvalue weighted by Crippen LogP contribution is -2.58. The number of urea groups is 2. The third kappa shape index (κ3) is 7.40. The summed E-state index contributed by atoms with van der Waals surface area (Å²) in [6, 6.07) is 8.56. The predicted octanol–water partition coefficient (Wildman–Crippen LogP) is 4.81. The molecule has 4 aliphatic rings. The third-order valence-electron chi connectivity index (χ3n) is 10.0. The number of hydrogen-bond donors (Lipinski definition) is 3. The zero-order valence-corrected chi connectivity index (χ0v) is 27.0. The summed E-state index contributed by atoms with van der Waals surface area (Å²) in [5, 5.41) is 5.58. The minimum atomic E-state index is -4.73. The summed E-state index contributed by atoms with van der Waals surface area (Å²) >= 11 is 6.10. The monoisotopic (exact) mass is 675 g/mol. The number of amides is 5. The molecule has 47 heavy (non-hydrogen) atoms. The molecule has 2 aromatic rings. The van der Waals surface area contributed by atoms with E-state index in [-0.39, 0.29) is 35.0 Å². The van der Waals surface area contributed by atoms with E-state index in [2.05, 4.69) is 15.5 Å². The Balaban J connectivity index is 1.12. The van der Waals surface area contributed by atoms with Gasteiger partial charge in [-0.25, -0.2) is 9.59 Å². The van der Waals surface area contributed by atoms with Crippen LogP contribution in [0, 0.1) is 0 Å². The number of alkyl halides is 3. The minimum Gasteiger partial charge on any atom is -0.397 e. The number of hydrogen-bond acceptors (Lipinski definition) is 5. The van der Waals surface area contributed by atoms with Crippen LogP contribution in [0.25, 0.3) is 0 Å². The van der Waals surface area contributed by atoms with Gasteiger partial charge in [-0.3, -0.25) is 4.79 Å². The lowest BCUT2D eigenvalue weighted by atomic mass is 9.97. The number of nitrogens with two attached hydrogens (primary N) is 1. The van der Waals surface area contributed by atoms with E-state index >= 15 is 0 Å². The second-order valence-corrected chi connectivity index (χ2v) is 13.3. The number of nitrogens with one attached hydrogen (secondary N) is 2. The first-order chi connectivity index (χ1) is 22.5. The van der Waals surface area contributed by atoms with E-state index in [1.54, 1.807) is 9.80 Å². The standard InChI is InChI=1S/C33H41ClF3N7O3/c34-26-19-21(18-25(29(26)38)33(35,36)37)20-28(30(45)42-13-7-23(8-14-42)41-11-3-12-41)40-31(46)43-15-9-24(10-16-43)44-17-6-22-4-1-2-5-27(22)39-32(44)47/h1-2,4-5,18-19,23-24,28H,3,6-17,20,38H2,(H,39,47)(H,40,46)/t28-/m1/s1. The molecule has 3 fully saturated rings. The second-order valence-electron chi connectivity index (χ2n) is 12.9. The Morgan fingerprint density at radius 3 is 2.28 bits per heavy atom. The summed E-state index contributed by atoms with van der Waals surface area (Å²) in [5.41, 5.74) is 6.03. The molecule has 254 valence electrons. The molecule has 1 atom stereocenters. The molecule has 0 unspecified atom stereocenters. The van der Waals surface area contributed by atoms with Gasteiger partial charge in [0.1, 0.15) is 6.04 Å². The third-order valence-corrected chi connectivity index (χ3v) is 10.4. The highest BCUT2D eigenvalue weighted by Crippen LogP contribution is 2.38. The largest absolute Gasteiger partial charge is 0.418 e. The van der Waals surface area contributed by atoms with Crippen LogP contribution in [0.15, 0.2) is 36.4 Å². The van der Waals surface area contributed by atoms with Crippen molar-refractivity contribution in [2.75, 3.05) is 56.9 Å². The van der Waals surface area contributed by atoms with Crippen LogP contribution in [0.4, 0.5) is 34.1 Å². The minimum absolute atomic E-state index is 0.0591. The van der Waals surface area contributed by atoms with Gasteiger partial charge in [0, 0.05) is 56.9 Å². The molecule has 3 saturated heterocycles. The van der Waals surface area contributed by atoms with Crippen molar-refractivity contribution in [2.45, 2.75) is 69.2 Å². The van der Waals surface area contributed by atoms with E-state index in [0.29, 0.717) is 51.6 Å². The van der Waals surface area contributed by atoms with E-state index in [4.69, 9.17) is 17.3 Å². The average molecular weight is 676 g/mol. The fourth-order valence-corrected chi connectivity index (χ4v) is 7.44. The van der Waals surface area contributed by atoms with Gasteiger partial charge < -0.3 is 36.0 Å². The number of para-hydroxylation sites is 1. The number of fused-ring (bicyclic) bond motifs is 1. The van der Waals surface area contributed by atoms with Crippen LogP contribution in [-0.2, 0) is 23.8 Å². The molecule has 0 spiro atoms. The van der Waals surface area contributed by atoms with Crippen molar-refractivity contribution in [1.29, 1.82) is 0 Å². The maximum absolute atomic E-state index is 13.9. The molecule has 14 heteroatoms. The number of carbonyl (C=O) groups is 3. The first-order valence-electron chi connectivity index (χ1n) is 16.4. The van der Waals surface area contributed by atoms with Crippen LogP contribution in [0.1, 0.15) is 48.8 Å². The first kappa shape index (κ1) is 33.2. The van der Waals surface area contributed by atoms with Gasteiger partial charge in [0.25, 0.3) is 0 Å². The van der Waals surface area contributed by atoms with Gasteiger partial charge in [-0.15, -0.1) is 0 Å². The van der Waals surface area contributed by atoms with Crippen molar-refractivity contribution in [3.63, 3.8) is 0 Å². The summed E-state index contributed by atoms with van der Waals surface area (Å²) in [4.78, 5) is 48.1. The Morgan fingerprint density at radius 2 is 1.62 bits per heavy atom. The summed E-state index contributed by atoms with van der Waals surface area (Å²) in [7, 11) is 0. The van der Waals surface area contributed by atoms with Gasteiger partial charge in [-0.1, -0.05) is 29.8 Å². The van der Waals surface area contributed by atoms with Gasteiger partial charge >= 0.3 is 18.2 Å². The fraction of sp³-hybridized carbons (Fsp3) is 0.545. The maximum Gasteiger partial charge on any atom is 0.418 e. The lowest BCUT2D eigenvalue weighted by molar-refractivity contribution is -0.137. The van der Waals surface area contributed by atoms with E-state index in [0.717, 1.165) is 49.7 Å². The zero-order chi connectivity index (χ0) is 33.3. The van der Waals surface area contributed by atoms with E-state index in [9.17, 15) is 27.6 Å². The van der Waals surface area contributed by atoms with Crippen LogP contribution in [0.3, 0.4) is 0 Å². The quantitative estimate of drug-likeness (QED) is 0.381. The average Bonchev–Trinajstić information content (AvgIpc) is 3.19. The number of nitrogens with zero attached hydrogens (tertiary/aromatic N) is 4. The normalized spacial score (nSPS) is 20.6. The van der Waals surface area contributed by atoms with E-state index in [1.165, 1.54) is 12.5 Å². The second kappa shape index (κ2) is 13.8. The number of anilines is 2. The van der Waals surface area contributed by atoms with Crippen molar-refractivity contribution in [3.8, 4) is 0 Å². The summed E-state index contributed by atoms with van der Waals surface area (Å²) in [6.07, 6.45) is -0.284. The van der Waals surface area contributed by atoms with Gasteiger partial charge in [-0.05, 0) is 80.9 Å². The zero-order valence-electron chi connectivity index (χ0n) is 26.2. The highest BCUT2D eigenvalue weighted by atomic mass is 35.5. The highest BCUT2D eigenvalue weighted by molar-refractivity contribution is 6.33. The van der Waals surface area contributed by atoms with Gasteiger partial charge in [-0.2, -0.15) is 13.2 Å². The number of piperidine rings is 2. The number of rotatable bonds is 6. The Labute approximate surface area is 277 Å². The molecule has 2 aromatic carbocycles. The Morgan fingerprint density at radius 1 is 0.957 bits per heavy atom. The molecular weight excluding hydrogens is 635 g/mol. The number of benzene rings is 2. The molecule has 0 aromatic heterocycles. The predicted molar refractivity (Wildman–Crippen MR) is 173 cm³/mol. The Hall–Kier alpha value is -3.71. The van der Waals surface area contributed by atoms with Crippen LogP contribution in [-0.4, -0.2) is 102 Å². The van der Waals surface area contributed by atoms with Crippen LogP contribution in [0.5, 0.6) is 0 Å². The molecule has 4 aliphatic heterocycles. The molecule has 4 N–H and O–H groups in total. The van der Waals surface area contributed by atoms with E-state index in [1.807, 2.05) is 29.2 Å². The molecule has 5 amide bonds. The van der Waals surface area contributed by atoms with Crippen LogP contribution < -0.4 is 16.4 Å². The topological polar surface area (TPSA) is 114 Å². The summed E-state index contributed by atoms with van der Waals surface area (Å²) < 4.78 is 41.2. The Bertz CT molecular complexity index is 1490. The molecular formula is C33H41ClF3N7O3. The van der Waals surface area contributed by atoms with Crippen molar-refractivity contribution in [2.24, 2.45) is 0 Å². The Kier molecular flexibility index (Phi) is 9.75. The number of halogens is 4. The molecule has 0 radical (unpaired) electrons. The number of carbonyl (C=O) groups excluding carboxylic acids is 3. The smallest absolute Gasteiger partial charge is 0.397 e. The first-order valence-corrected chi connectivity index (χ1v) is 16.7. The van der Waals surface area contributed by atoms with Crippen molar-refractivity contribution < 1.29 is 27.6 Å². The molecule has 10 nitrogen and oxygen atoms in total. The maximum atomic E-state index is 13.9. The molecule has 0 bridgehead atoms. The highest BCUT2D eigenvalue weighted by Gasteiger charge is 2.37. The fourth-order valence-electron chi connectivity index (χ4n) is 7.20. The molecule has 4 heterocycles. The summed E-state index contributed by atoms with van der Waals surface area (Å²) in [5.74, 6) is -0.336. The summed E-state index contributed by atoms with van der Waals surface area (Å²) in [6.45, 7) is 4.43. The van der Waals surface area contributed by atoms with Crippen LogP contribution in [0.2, 0.25) is 5.02 Å². The lowest BCUT2D eigenvalue weighted by Gasteiger charge is -2.43. The van der Waals surface area contributed by atoms with Crippen molar-refractivity contribution in [1.82, 2.24) is 24.9 Å². The number of nitrogen functional groups attached to an aromatic ring is 1. The van der Waals surface area contributed by atoms with Gasteiger partial charge in [0.2, 0.25) is 5.91 Å². The molecule has 0 aliphatic carbocycles. The van der Waals surface area contributed by atoms with Crippen molar-refractivity contribution in [3.05, 3.63) is 58.1 Å². The van der Waals surface area contributed by atoms with Gasteiger partial charge in [0.15, 0.2) is 0 Å². The SMILES string of the molecule is Nc1c(Cl)cc(C[C@@H](NC(=O)N2CCC(N3CCc4ccccc4NC3=O)CC2)C(=O)N2CCC(N3CCC3)CC2)cc1C(F)(F)F.